The van der Waals surface area contributed by atoms with E-state index in [1.54, 1.807) is 6.33 Å². The maximum atomic E-state index is 5.84. The van der Waals surface area contributed by atoms with Crippen molar-refractivity contribution in [3.63, 3.8) is 0 Å². The monoisotopic (exact) mass is 398 g/mol. The molecule has 4 saturated heterocycles. The zero-order chi connectivity index (χ0) is 19.3. The van der Waals surface area contributed by atoms with Crippen LogP contribution in [0.1, 0.15) is 38.5 Å². The molecular formula is C21H30N6O2. The molecule has 156 valence electrons. The van der Waals surface area contributed by atoms with Gasteiger partial charge in [-0.3, -0.25) is 0 Å². The zero-order valence-electron chi connectivity index (χ0n) is 17.1. The molecular weight excluding hydrogens is 368 g/mol. The Bertz CT molecular complexity index is 886. The van der Waals surface area contributed by atoms with Crippen molar-refractivity contribution in [3.05, 3.63) is 12.4 Å². The van der Waals surface area contributed by atoms with E-state index in [1.807, 2.05) is 4.52 Å². The third-order valence-corrected chi connectivity index (χ3v) is 7.55. The van der Waals surface area contributed by atoms with Crippen LogP contribution in [0.2, 0.25) is 0 Å². The normalized spacial score (nSPS) is 32.8. The summed E-state index contributed by atoms with van der Waals surface area (Å²) in [5.41, 5.74) is 0.600. The molecule has 4 fully saturated rings. The second-order valence-electron chi connectivity index (χ2n) is 9.60. The van der Waals surface area contributed by atoms with Crippen LogP contribution >= 0.6 is 0 Å². The van der Waals surface area contributed by atoms with E-state index in [2.05, 4.69) is 25.9 Å². The van der Waals surface area contributed by atoms with Gasteiger partial charge in [0.1, 0.15) is 18.0 Å². The molecule has 6 heterocycles. The Morgan fingerprint density at radius 3 is 2.24 bits per heavy atom. The van der Waals surface area contributed by atoms with E-state index in [-0.39, 0.29) is 0 Å². The van der Waals surface area contributed by atoms with Crippen LogP contribution in [0, 0.1) is 10.8 Å². The van der Waals surface area contributed by atoms with Gasteiger partial charge >= 0.3 is 0 Å². The van der Waals surface area contributed by atoms with Crippen LogP contribution in [0.15, 0.2) is 12.4 Å². The van der Waals surface area contributed by atoms with E-state index in [0.29, 0.717) is 16.6 Å². The first-order valence-electron chi connectivity index (χ1n) is 11.1. The molecule has 0 amide bonds. The fraction of sp³-hybridized carbons (Fsp3) is 0.762. The first-order valence-corrected chi connectivity index (χ1v) is 11.1. The molecule has 29 heavy (non-hydrogen) atoms. The first kappa shape index (κ1) is 17.9. The van der Waals surface area contributed by atoms with E-state index >= 15 is 0 Å². The molecule has 4 aliphatic heterocycles. The van der Waals surface area contributed by atoms with Gasteiger partial charge < -0.3 is 19.3 Å². The van der Waals surface area contributed by atoms with Gasteiger partial charge in [-0.2, -0.15) is 19.6 Å². The van der Waals surface area contributed by atoms with E-state index in [9.17, 15) is 0 Å². The lowest BCUT2D eigenvalue weighted by Crippen LogP contribution is -2.36. The van der Waals surface area contributed by atoms with Crippen LogP contribution < -0.4 is 9.80 Å². The smallest absolute Gasteiger partial charge is 0.256 e. The first-order chi connectivity index (χ1) is 14.2. The van der Waals surface area contributed by atoms with Crippen LogP contribution in [0.3, 0.4) is 0 Å². The summed E-state index contributed by atoms with van der Waals surface area (Å²) in [6, 6.07) is 2.23. The summed E-state index contributed by atoms with van der Waals surface area (Å²) in [6.45, 7) is 7.74. The molecule has 2 unspecified atom stereocenters. The molecule has 0 radical (unpaired) electrons. The second-order valence-corrected chi connectivity index (χ2v) is 9.60. The number of anilines is 2. The largest absolute Gasteiger partial charge is 0.381 e. The van der Waals surface area contributed by atoms with Crippen LogP contribution in [0.4, 0.5) is 11.6 Å². The molecule has 0 aromatic carbocycles. The highest BCUT2D eigenvalue weighted by Crippen LogP contribution is 2.42. The lowest BCUT2D eigenvalue weighted by molar-refractivity contribution is 0.00433. The van der Waals surface area contributed by atoms with Crippen molar-refractivity contribution < 1.29 is 9.47 Å². The highest BCUT2D eigenvalue weighted by molar-refractivity contribution is 5.58. The highest BCUT2D eigenvalue weighted by atomic mass is 16.5. The number of rotatable bonds is 2. The number of ether oxygens (including phenoxy) is 2. The highest BCUT2D eigenvalue weighted by Gasteiger charge is 2.42. The van der Waals surface area contributed by atoms with Gasteiger partial charge in [0.25, 0.3) is 5.78 Å². The van der Waals surface area contributed by atoms with E-state index < -0.39 is 0 Å². The van der Waals surface area contributed by atoms with Gasteiger partial charge in [-0.1, -0.05) is 0 Å². The molecule has 2 spiro atoms. The summed E-state index contributed by atoms with van der Waals surface area (Å²) < 4.78 is 13.6. The molecule has 0 N–H and O–H groups in total. The number of hydrogen-bond donors (Lipinski definition) is 0. The topological polar surface area (TPSA) is 68.0 Å². The number of nitrogens with zero attached hydrogens (tertiary/aromatic N) is 6. The Balaban J connectivity index is 1.30. The van der Waals surface area contributed by atoms with E-state index in [0.717, 1.165) is 64.2 Å². The van der Waals surface area contributed by atoms with E-state index in [1.165, 1.54) is 38.5 Å². The molecule has 4 aliphatic rings. The minimum absolute atomic E-state index is 0.297. The Hall–Kier alpha value is -1.93. The lowest BCUT2D eigenvalue weighted by Gasteiger charge is -2.34. The van der Waals surface area contributed by atoms with Gasteiger partial charge in [0.2, 0.25) is 0 Å². The minimum atomic E-state index is 0.297. The average Bonchev–Trinajstić information content (AvgIpc) is 3.48. The van der Waals surface area contributed by atoms with Crippen molar-refractivity contribution in [3.8, 4) is 0 Å². The van der Waals surface area contributed by atoms with Crippen molar-refractivity contribution >= 4 is 17.4 Å². The van der Waals surface area contributed by atoms with Gasteiger partial charge in [-0.15, -0.1) is 0 Å². The van der Waals surface area contributed by atoms with Gasteiger partial charge in [0.15, 0.2) is 0 Å². The van der Waals surface area contributed by atoms with Crippen molar-refractivity contribution in [2.24, 2.45) is 10.8 Å². The van der Waals surface area contributed by atoms with Crippen molar-refractivity contribution in [1.29, 1.82) is 0 Å². The summed E-state index contributed by atoms with van der Waals surface area (Å²) in [5, 5.41) is 4.48. The minimum Gasteiger partial charge on any atom is -0.381 e. The predicted molar refractivity (Wildman–Crippen MR) is 109 cm³/mol. The van der Waals surface area contributed by atoms with Crippen molar-refractivity contribution in [2.75, 3.05) is 62.4 Å². The molecule has 0 bridgehead atoms. The Labute approximate surface area is 171 Å². The summed E-state index contributed by atoms with van der Waals surface area (Å²) in [4.78, 5) is 14.2. The van der Waals surface area contributed by atoms with Gasteiger partial charge in [0.05, 0.1) is 13.2 Å². The molecule has 6 rings (SSSR count). The Morgan fingerprint density at radius 2 is 1.55 bits per heavy atom. The summed E-state index contributed by atoms with van der Waals surface area (Å²) in [7, 11) is 0. The third-order valence-electron chi connectivity index (χ3n) is 7.55. The molecule has 2 atom stereocenters. The van der Waals surface area contributed by atoms with Crippen LogP contribution in [-0.2, 0) is 9.47 Å². The predicted octanol–water partition coefficient (Wildman–Crippen LogP) is 2.14. The quantitative estimate of drug-likeness (QED) is 0.768. The number of hydrogen-bond acceptors (Lipinski definition) is 7. The standard InChI is InChI=1S/C21H30N6O2/c1-3-20(14-28-9-1)5-7-25(12-20)17-11-18(27-19(24-17)22-16-23-27)26-8-6-21(13-26)4-2-10-29-15-21/h11,16H,1-10,12-15H2. The van der Waals surface area contributed by atoms with Gasteiger partial charge in [-0.25, -0.2) is 0 Å². The zero-order valence-corrected chi connectivity index (χ0v) is 17.1. The Kier molecular flexibility index (Phi) is 4.20. The summed E-state index contributed by atoms with van der Waals surface area (Å²) in [6.07, 6.45) is 8.86. The molecule has 8 nitrogen and oxygen atoms in total. The summed E-state index contributed by atoms with van der Waals surface area (Å²) >= 11 is 0. The molecule has 8 heteroatoms. The maximum absolute atomic E-state index is 5.84. The van der Waals surface area contributed by atoms with Crippen molar-refractivity contribution in [2.45, 2.75) is 38.5 Å². The van der Waals surface area contributed by atoms with Gasteiger partial charge in [0, 0.05) is 56.3 Å². The molecule has 0 aliphatic carbocycles. The van der Waals surface area contributed by atoms with Gasteiger partial charge in [-0.05, 0) is 38.5 Å². The molecule has 2 aromatic rings. The lowest BCUT2D eigenvalue weighted by atomic mass is 9.82. The Morgan fingerprint density at radius 1 is 0.862 bits per heavy atom. The SMILES string of the molecule is c1nc2nc(N3CCC4(CCCOC4)C3)cc(N3CCC4(CCCOC4)C3)n2n1. The third kappa shape index (κ3) is 3.08. The molecule has 2 aromatic heterocycles. The van der Waals surface area contributed by atoms with Crippen LogP contribution in [0.5, 0.6) is 0 Å². The average molecular weight is 399 g/mol. The maximum Gasteiger partial charge on any atom is 0.256 e. The van der Waals surface area contributed by atoms with E-state index in [4.69, 9.17) is 14.5 Å². The second kappa shape index (κ2) is 6.80. The van der Waals surface area contributed by atoms with Crippen molar-refractivity contribution in [1.82, 2.24) is 19.6 Å². The number of fused-ring (bicyclic) bond motifs is 1. The van der Waals surface area contributed by atoms with Crippen LogP contribution in [0.25, 0.3) is 5.78 Å². The fourth-order valence-electron chi connectivity index (χ4n) is 5.90. The number of aromatic nitrogens is 4. The van der Waals surface area contributed by atoms with Crippen LogP contribution in [-0.4, -0.2) is 72.2 Å². The summed E-state index contributed by atoms with van der Waals surface area (Å²) in [5.74, 6) is 2.84. The fourth-order valence-corrected chi connectivity index (χ4v) is 5.90. The molecule has 0 saturated carbocycles.